The standard InChI is InChI=1S/C19H18N2OS/c1-21(17-10-6-3-7-11-17)19(22)13-16-14-23-18(20-16)12-15-8-4-2-5-9-15/h2-11,14H,12-13H2,1H3. The highest BCUT2D eigenvalue weighted by Crippen LogP contribution is 2.17. The number of nitrogens with zero attached hydrogens (tertiary/aromatic N) is 2. The molecule has 0 atom stereocenters. The molecule has 0 N–H and O–H groups in total. The number of amides is 1. The van der Waals surface area contributed by atoms with Gasteiger partial charge < -0.3 is 4.90 Å². The van der Waals surface area contributed by atoms with Crippen molar-refractivity contribution < 1.29 is 4.79 Å². The topological polar surface area (TPSA) is 33.2 Å². The molecule has 0 aliphatic rings. The number of thiazole rings is 1. The van der Waals surface area contributed by atoms with E-state index in [9.17, 15) is 4.79 Å². The summed E-state index contributed by atoms with van der Waals surface area (Å²) in [5, 5.41) is 3.02. The van der Waals surface area contributed by atoms with Crippen LogP contribution in [0.2, 0.25) is 0 Å². The molecule has 0 unspecified atom stereocenters. The van der Waals surface area contributed by atoms with Gasteiger partial charge in [0, 0.05) is 24.5 Å². The molecule has 0 bridgehead atoms. The fourth-order valence-electron chi connectivity index (χ4n) is 2.35. The van der Waals surface area contributed by atoms with Crippen molar-refractivity contribution in [2.45, 2.75) is 12.8 Å². The molecule has 0 spiro atoms. The Kier molecular flexibility index (Phi) is 4.83. The summed E-state index contributed by atoms with van der Waals surface area (Å²) < 4.78 is 0. The maximum absolute atomic E-state index is 12.4. The second kappa shape index (κ2) is 7.20. The number of hydrogen-bond donors (Lipinski definition) is 0. The van der Waals surface area contributed by atoms with E-state index in [2.05, 4.69) is 17.1 Å². The Morgan fingerprint density at radius 3 is 2.39 bits per heavy atom. The third-order valence-corrected chi connectivity index (χ3v) is 4.55. The van der Waals surface area contributed by atoms with Crippen LogP contribution in [-0.2, 0) is 17.6 Å². The Bertz CT molecular complexity index is 768. The van der Waals surface area contributed by atoms with E-state index >= 15 is 0 Å². The van der Waals surface area contributed by atoms with E-state index in [4.69, 9.17) is 0 Å². The first-order valence-electron chi connectivity index (χ1n) is 7.51. The molecule has 0 saturated carbocycles. The maximum atomic E-state index is 12.4. The molecule has 23 heavy (non-hydrogen) atoms. The first-order valence-corrected chi connectivity index (χ1v) is 8.39. The Hall–Kier alpha value is -2.46. The van der Waals surface area contributed by atoms with Crippen molar-refractivity contribution in [2.24, 2.45) is 0 Å². The lowest BCUT2D eigenvalue weighted by Crippen LogP contribution is -2.27. The lowest BCUT2D eigenvalue weighted by Gasteiger charge is -2.16. The van der Waals surface area contributed by atoms with Crippen molar-refractivity contribution in [2.75, 3.05) is 11.9 Å². The van der Waals surface area contributed by atoms with Crippen LogP contribution in [0.4, 0.5) is 5.69 Å². The first kappa shape index (κ1) is 15.4. The maximum Gasteiger partial charge on any atom is 0.232 e. The van der Waals surface area contributed by atoms with Gasteiger partial charge >= 0.3 is 0 Å². The smallest absolute Gasteiger partial charge is 0.232 e. The molecule has 116 valence electrons. The Morgan fingerprint density at radius 2 is 1.70 bits per heavy atom. The van der Waals surface area contributed by atoms with E-state index < -0.39 is 0 Å². The van der Waals surface area contributed by atoms with Gasteiger partial charge in [0.1, 0.15) is 0 Å². The number of aromatic nitrogens is 1. The van der Waals surface area contributed by atoms with Crippen molar-refractivity contribution in [3.8, 4) is 0 Å². The molecular weight excluding hydrogens is 304 g/mol. The highest BCUT2D eigenvalue weighted by molar-refractivity contribution is 7.09. The SMILES string of the molecule is CN(C(=O)Cc1csc(Cc2ccccc2)n1)c1ccccc1. The van der Waals surface area contributed by atoms with Crippen LogP contribution in [0, 0.1) is 0 Å². The number of para-hydroxylation sites is 1. The Morgan fingerprint density at radius 1 is 1.04 bits per heavy atom. The average Bonchev–Trinajstić information content (AvgIpc) is 3.02. The summed E-state index contributed by atoms with van der Waals surface area (Å²) in [4.78, 5) is 18.6. The van der Waals surface area contributed by atoms with Crippen LogP contribution in [0.1, 0.15) is 16.3 Å². The van der Waals surface area contributed by atoms with Gasteiger partial charge in [-0.05, 0) is 17.7 Å². The predicted molar refractivity (Wildman–Crippen MR) is 94.9 cm³/mol. The summed E-state index contributed by atoms with van der Waals surface area (Å²) in [6.45, 7) is 0. The predicted octanol–water partition coefficient (Wildman–Crippen LogP) is 3.94. The summed E-state index contributed by atoms with van der Waals surface area (Å²) >= 11 is 1.61. The fraction of sp³-hybridized carbons (Fsp3) is 0.158. The molecular formula is C19H18N2OS. The van der Waals surface area contributed by atoms with Gasteiger partial charge in [0.15, 0.2) is 0 Å². The van der Waals surface area contributed by atoms with Crippen LogP contribution in [0.5, 0.6) is 0 Å². The normalized spacial score (nSPS) is 10.5. The van der Waals surface area contributed by atoms with Crippen molar-refractivity contribution in [3.63, 3.8) is 0 Å². The second-order valence-electron chi connectivity index (χ2n) is 5.36. The van der Waals surface area contributed by atoms with Gasteiger partial charge in [-0.1, -0.05) is 48.5 Å². The zero-order valence-electron chi connectivity index (χ0n) is 13.0. The molecule has 3 nitrogen and oxygen atoms in total. The number of carbonyl (C=O) groups is 1. The molecule has 1 aromatic heterocycles. The Balaban J connectivity index is 1.63. The average molecular weight is 322 g/mol. The summed E-state index contributed by atoms with van der Waals surface area (Å²) in [6.07, 6.45) is 1.14. The van der Waals surface area contributed by atoms with E-state index in [0.717, 1.165) is 22.8 Å². The Labute approximate surface area is 140 Å². The van der Waals surface area contributed by atoms with Gasteiger partial charge in [-0.2, -0.15) is 0 Å². The fourth-order valence-corrected chi connectivity index (χ4v) is 3.18. The quantitative estimate of drug-likeness (QED) is 0.713. The number of anilines is 1. The van der Waals surface area contributed by atoms with Gasteiger partial charge in [0.05, 0.1) is 17.1 Å². The molecule has 4 heteroatoms. The summed E-state index contributed by atoms with van der Waals surface area (Å²) in [5.41, 5.74) is 2.98. The van der Waals surface area contributed by atoms with E-state index in [1.54, 1.807) is 23.3 Å². The number of benzene rings is 2. The van der Waals surface area contributed by atoms with Gasteiger partial charge in [-0.3, -0.25) is 4.79 Å². The third-order valence-electron chi connectivity index (χ3n) is 3.65. The van der Waals surface area contributed by atoms with Crippen molar-refractivity contribution in [3.05, 3.63) is 82.3 Å². The third kappa shape index (κ3) is 4.05. The van der Waals surface area contributed by atoms with E-state index in [1.165, 1.54) is 5.56 Å². The molecule has 0 radical (unpaired) electrons. The van der Waals surface area contributed by atoms with E-state index in [-0.39, 0.29) is 5.91 Å². The lowest BCUT2D eigenvalue weighted by molar-refractivity contribution is -0.117. The van der Waals surface area contributed by atoms with Crippen molar-refractivity contribution >= 4 is 22.9 Å². The molecule has 3 aromatic rings. The first-order chi connectivity index (χ1) is 11.2. The van der Waals surface area contributed by atoms with Crippen LogP contribution in [0.15, 0.2) is 66.0 Å². The minimum Gasteiger partial charge on any atom is -0.315 e. The van der Waals surface area contributed by atoms with Gasteiger partial charge in [0.25, 0.3) is 0 Å². The molecule has 1 amide bonds. The summed E-state index contributed by atoms with van der Waals surface area (Å²) in [5.74, 6) is 0.0489. The lowest BCUT2D eigenvalue weighted by atomic mass is 10.2. The molecule has 0 aliphatic heterocycles. The van der Waals surface area contributed by atoms with Crippen molar-refractivity contribution in [1.82, 2.24) is 4.98 Å². The van der Waals surface area contributed by atoms with Crippen LogP contribution >= 0.6 is 11.3 Å². The highest BCUT2D eigenvalue weighted by atomic mass is 32.1. The molecule has 0 aliphatic carbocycles. The molecule has 1 heterocycles. The van der Waals surface area contributed by atoms with Crippen molar-refractivity contribution in [1.29, 1.82) is 0 Å². The van der Waals surface area contributed by atoms with E-state index in [0.29, 0.717) is 6.42 Å². The van der Waals surface area contributed by atoms with Crippen LogP contribution in [-0.4, -0.2) is 17.9 Å². The molecule has 3 rings (SSSR count). The summed E-state index contributed by atoms with van der Waals surface area (Å²) in [7, 11) is 1.80. The van der Waals surface area contributed by atoms with Gasteiger partial charge in [0.2, 0.25) is 5.91 Å². The van der Waals surface area contributed by atoms with E-state index in [1.807, 2.05) is 53.9 Å². The minimum absolute atomic E-state index is 0.0489. The summed E-state index contributed by atoms with van der Waals surface area (Å²) in [6, 6.07) is 19.9. The zero-order valence-corrected chi connectivity index (χ0v) is 13.8. The highest BCUT2D eigenvalue weighted by Gasteiger charge is 2.13. The van der Waals surface area contributed by atoms with Crippen LogP contribution in [0.3, 0.4) is 0 Å². The molecule has 2 aromatic carbocycles. The number of likely N-dealkylation sites (N-methyl/N-ethyl adjacent to an activating group) is 1. The number of hydrogen-bond acceptors (Lipinski definition) is 3. The van der Waals surface area contributed by atoms with Gasteiger partial charge in [-0.25, -0.2) is 4.98 Å². The minimum atomic E-state index is 0.0489. The number of rotatable bonds is 5. The van der Waals surface area contributed by atoms with Crippen LogP contribution < -0.4 is 4.90 Å². The molecule has 0 fully saturated rings. The number of carbonyl (C=O) groups excluding carboxylic acids is 1. The second-order valence-corrected chi connectivity index (χ2v) is 6.30. The monoisotopic (exact) mass is 322 g/mol. The molecule has 0 saturated heterocycles. The zero-order chi connectivity index (χ0) is 16.1. The largest absolute Gasteiger partial charge is 0.315 e. The van der Waals surface area contributed by atoms with Gasteiger partial charge in [-0.15, -0.1) is 11.3 Å². The van der Waals surface area contributed by atoms with Crippen LogP contribution in [0.25, 0.3) is 0 Å².